The first kappa shape index (κ1) is 6.64. The van der Waals surface area contributed by atoms with Crippen LogP contribution in [-0.2, 0) is 4.57 Å². The lowest BCUT2D eigenvalue weighted by Gasteiger charge is -1.94. The Labute approximate surface area is 41.6 Å². The minimum Gasteiger partial charge on any atom is -0.289 e. The molecule has 0 aromatic rings. The smallest absolute Gasteiger partial charge is 0.219 e. The summed E-state index contributed by atoms with van der Waals surface area (Å²) >= 11 is 0. The third-order valence-corrected chi connectivity index (χ3v) is 0.954. The van der Waals surface area contributed by atoms with Crippen LogP contribution < -0.4 is 11.0 Å². The zero-order valence-corrected chi connectivity index (χ0v) is 4.56. The van der Waals surface area contributed by atoms with Crippen LogP contribution in [0.15, 0.2) is 0 Å². The molecule has 0 radical (unpaired) electrons. The van der Waals surface area contributed by atoms with Crippen molar-refractivity contribution in [3.8, 4) is 6.07 Å². The van der Waals surface area contributed by atoms with E-state index in [0.717, 1.165) is 0 Å². The first-order valence-corrected chi connectivity index (χ1v) is 3.62. The van der Waals surface area contributed by atoms with Crippen molar-refractivity contribution in [1.82, 2.24) is 0 Å². The molecule has 0 aliphatic heterocycles. The zero-order valence-electron chi connectivity index (χ0n) is 3.66. The van der Waals surface area contributed by atoms with Crippen molar-refractivity contribution < 1.29 is 4.57 Å². The van der Waals surface area contributed by atoms with Gasteiger partial charge in [0, 0.05) is 0 Å². The second-order valence-electron chi connectivity index (χ2n) is 1.17. The standard InChI is InChI=1S/C2H6N3OP/c3-1-2-7(4,5)6/h2H2,(H4,4,5,6). The first-order valence-electron chi connectivity index (χ1n) is 1.59. The summed E-state index contributed by atoms with van der Waals surface area (Å²) in [6.07, 6.45) is -0.243. The van der Waals surface area contributed by atoms with Gasteiger partial charge in [0.1, 0.15) is 6.16 Å². The van der Waals surface area contributed by atoms with E-state index in [4.69, 9.17) is 16.3 Å². The number of hydrogen-bond donors (Lipinski definition) is 2. The van der Waals surface area contributed by atoms with Gasteiger partial charge >= 0.3 is 0 Å². The van der Waals surface area contributed by atoms with Gasteiger partial charge in [-0.25, -0.2) is 0 Å². The molecule has 0 fully saturated rings. The van der Waals surface area contributed by atoms with Gasteiger partial charge in [-0.2, -0.15) is 5.26 Å². The van der Waals surface area contributed by atoms with Gasteiger partial charge in [0.2, 0.25) is 7.44 Å². The summed E-state index contributed by atoms with van der Waals surface area (Å²) in [4.78, 5) is 0. The Morgan fingerprint density at radius 2 is 2.14 bits per heavy atom. The highest BCUT2D eigenvalue weighted by Crippen LogP contribution is 2.21. The van der Waals surface area contributed by atoms with Crippen molar-refractivity contribution in [2.45, 2.75) is 0 Å². The molecular weight excluding hydrogens is 113 g/mol. The summed E-state index contributed by atoms with van der Waals surface area (Å²) in [5.74, 6) is 0. The average molecular weight is 119 g/mol. The maximum Gasteiger partial charge on any atom is 0.219 e. The second-order valence-corrected chi connectivity index (χ2v) is 3.19. The molecule has 0 unspecified atom stereocenters. The molecule has 0 spiro atoms. The predicted octanol–water partition coefficient (Wildman–Crippen LogP) is -0.380. The summed E-state index contributed by atoms with van der Waals surface area (Å²) in [7, 11) is -3.03. The van der Waals surface area contributed by atoms with Gasteiger partial charge in [-0.15, -0.1) is 0 Å². The molecule has 0 aliphatic rings. The van der Waals surface area contributed by atoms with E-state index < -0.39 is 7.44 Å². The third-order valence-electron chi connectivity index (χ3n) is 0.318. The van der Waals surface area contributed by atoms with Gasteiger partial charge in [-0.05, 0) is 0 Å². The fraction of sp³-hybridized carbons (Fsp3) is 0.500. The van der Waals surface area contributed by atoms with Crippen molar-refractivity contribution >= 4 is 7.44 Å². The highest BCUT2D eigenvalue weighted by Gasteiger charge is 2.04. The SMILES string of the molecule is N#CCP(N)(N)=O. The van der Waals surface area contributed by atoms with Crippen molar-refractivity contribution in [2.24, 2.45) is 11.0 Å². The molecule has 0 atom stereocenters. The van der Waals surface area contributed by atoms with Gasteiger partial charge < -0.3 is 0 Å². The van der Waals surface area contributed by atoms with E-state index in [1.807, 2.05) is 0 Å². The van der Waals surface area contributed by atoms with Crippen molar-refractivity contribution in [3.05, 3.63) is 0 Å². The Hall–Kier alpha value is -0.360. The molecule has 0 aliphatic carbocycles. The molecule has 0 saturated carbocycles. The Morgan fingerprint density at radius 3 is 2.14 bits per heavy atom. The molecule has 4 nitrogen and oxygen atoms in total. The average Bonchev–Trinajstić information content (AvgIpc) is 1.30. The number of nitrogens with two attached hydrogens (primary N) is 2. The van der Waals surface area contributed by atoms with E-state index in [9.17, 15) is 4.57 Å². The van der Waals surface area contributed by atoms with E-state index in [-0.39, 0.29) is 6.16 Å². The Bertz CT molecular complexity index is 130. The Kier molecular flexibility index (Phi) is 1.97. The highest BCUT2D eigenvalue weighted by molar-refractivity contribution is 7.59. The molecule has 7 heavy (non-hydrogen) atoms. The quantitative estimate of drug-likeness (QED) is 0.460. The van der Waals surface area contributed by atoms with Gasteiger partial charge in [-0.3, -0.25) is 15.6 Å². The van der Waals surface area contributed by atoms with Gasteiger partial charge in [0.05, 0.1) is 6.07 Å². The number of rotatable bonds is 1. The van der Waals surface area contributed by atoms with E-state index in [1.54, 1.807) is 6.07 Å². The van der Waals surface area contributed by atoms with Crippen molar-refractivity contribution in [1.29, 1.82) is 5.26 Å². The lowest BCUT2D eigenvalue weighted by molar-refractivity contribution is 0.579. The molecule has 0 aromatic carbocycles. The highest BCUT2D eigenvalue weighted by atomic mass is 31.2. The normalized spacial score (nSPS) is 10.4. The maximum absolute atomic E-state index is 10.1. The maximum atomic E-state index is 10.1. The van der Waals surface area contributed by atoms with E-state index in [0.29, 0.717) is 0 Å². The molecule has 0 aromatic heterocycles. The largest absolute Gasteiger partial charge is 0.289 e. The summed E-state index contributed by atoms with van der Waals surface area (Å²) in [5.41, 5.74) is 9.51. The minimum absolute atomic E-state index is 0.243. The van der Waals surface area contributed by atoms with E-state index in [2.05, 4.69) is 0 Å². The Morgan fingerprint density at radius 1 is 1.71 bits per heavy atom. The Balaban J connectivity index is 3.65. The lowest BCUT2D eigenvalue weighted by atomic mass is 10.9. The van der Waals surface area contributed by atoms with Crippen LogP contribution in [0.25, 0.3) is 0 Å². The van der Waals surface area contributed by atoms with E-state index >= 15 is 0 Å². The number of hydrogen-bond acceptors (Lipinski definition) is 2. The van der Waals surface area contributed by atoms with Crippen LogP contribution in [0.5, 0.6) is 0 Å². The zero-order chi connectivity index (χ0) is 5.91. The monoisotopic (exact) mass is 119 g/mol. The van der Waals surface area contributed by atoms with Gasteiger partial charge in [0.25, 0.3) is 0 Å². The summed E-state index contributed by atoms with van der Waals surface area (Å²) in [5, 5.41) is 7.82. The molecule has 0 heterocycles. The molecule has 0 saturated heterocycles. The first-order chi connectivity index (χ1) is 3.06. The number of nitriles is 1. The summed E-state index contributed by atoms with van der Waals surface area (Å²) in [6.45, 7) is 0. The minimum atomic E-state index is -3.03. The summed E-state index contributed by atoms with van der Waals surface area (Å²) in [6, 6.07) is 1.59. The fourth-order valence-corrected chi connectivity index (χ4v) is 0.332. The molecule has 0 rings (SSSR count). The van der Waals surface area contributed by atoms with Crippen molar-refractivity contribution in [3.63, 3.8) is 0 Å². The van der Waals surface area contributed by atoms with E-state index in [1.165, 1.54) is 0 Å². The number of nitrogens with zero attached hydrogens (tertiary/aromatic N) is 1. The van der Waals surface area contributed by atoms with Gasteiger partial charge in [-0.1, -0.05) is 0 Å². The molecular formula is C2H6N3OP. The lowest BCUT2D eigenvalue weighted by Crippen LogP contribution is -2.06. The van der Waals surface area contributed by atoms with Crippen LogP contribution in [0, 0.1) is 11.3 Å². The molecule has 4 N–H and O–H groups in total. The van der Waals surface area contributed by atoms with Gasteiger partial charge in [0.15, 0.2) is 0 Å². The molecule has 40 valence electrons. The van der Waals surface area contributed by atoms with Crippen LogP contribution >= 0.6 is 7.44 Å². The third kappa shape index (κ3) is 5.64. The molecule has 0 bridgehead atoms. The predicted molar refractivity (Wildman–Crippen MR) is 26.5 cm³/mol. The molecule has 5 heteroatoms. The van der Waals surface area contributed by atoms with Crippen LogP contribution in [0.3, 0.4) is 0 Å². The van der Waals surface area contributed by atoms with Crippen molar-refractivity contribution in [2.75, 3.05) is 6.16 Å². The molecule has 0 amide bonds. The second kappa shape index (κ2) is 2.08. The van der Waals surface area contributed by atoms with Crippen LogP contribution in [0.4, 0.5) is 0 Å². The fourth-order valence-electron chi connectivity index (χ4n) is 0.111. The van der Waals surface area contributed by atoms with Crippen LogP contribution in [-0.4, -0.2) is 6.16 Å². The topological polar surface area (TPSA) is 92.9 Å². The summed E-state index contributed by atoms with van der Waals surface area (Å²) < 4.78 is 10.1. The van der Waals surface area contributed by atoms with Crippen LogP contribution in [0.1, 0.15) is 0 Å². The van der Waals surface area contributed by atoms with Crippen LogP contribution in [0.2, 0.25) is 0 Å².